The van der Waals surface area contributed by atoms with E-state index in [1.165, 1.54) is 0 Å². The summed E-state index contributed by atoms with van der Waals surface area (Å²) in [5, 5.41) is 0. The SMILES string of the molecule is CN=CC1OC1N. The van der Waals surface area contributed by atoms with Crippen LogP contribution in [0.3, 0.4) is 0 Å². The molecule has 0 saturated carbocycles. The minimum absolute atomic E-state index is 0.0799. The van der Waals surface area contributed by atoms with Gasteiger partial charge in [0.05, 0.1) is 0 Å². The summed E-state index contributed by atoms with van der Waals surface area (Å²) in [6.07, 6.45) is 1.72. The summed E-state index contributed by atoms with van der Waals surface area (Å²) in [5.41, 5.74) is 5.24. The number of nitrogens with zero attached hydrogens (tertiary/aromatic N) is 1. The highest BCUT2D eigenvalue weighted by Crippen LogP contribution is 2.12. The number of hydrogen-bond acceptors (Lipinski definition) is 3. The molecule has 40 valence electrons. The maximum atomic E-state index is 5.24. The molecule has 0 bridgehead atoms. The molecule has 3 nitrogen and oxygen atoms in total. The molecule has 0 amide bonds. The lowest BCUT2D eigenvalue weighted by molar-refractivity contribution is 0.401. The Morgan fingerprint density at radius 3 is 2.57 bits per heavy atom. The highest BCUT2D eigenvalue weighted by atomic mass is 16.6. The van der Waals surface area contributed by atoms with Gasteiger partial charge in [-0.1, -0.05) is 0 Å². The number of aliphatic imine (C=N–C) groups is 1. The highest BCUT2D eigenvalue weighted by Gasteiger charge is 2.32. The van der Waals surface area contributed by atoms with Gasteiger partial charge < -0.3 is 10.5 Å². The first-order valence-electron chi connectivity index (χ1n) is 2.18. The fourth-order valence-corrected chi connectivity index (χ4v) is 0.403. The quantitative estimate of drug-likeness (QED) is 0.352. The topological polar surface area (TPSA) is 50.9 Å². The lowest BCUT2D eigenvalue weighted by Crippen LogP contribution is -2.05. The van der Waals surface area contributed by atoms with Crippen molar-refractivity contribution >= 4 is 6.21 Å². The van der Waals surface area contributed by atoms with Crippen LogP contribution < -0.4 is 5.73 Å². The predicted molar refractivity (Wildman–Crippen MR) is 27.3 cm³/mol. The molecule has 0 spiro atoms. The highest BCUT2D eigenvalue weighted by molar-refractivity contribution is 5.66. The second-order valence-corrected chi connectivity index (χ2v) is 1.47. The molecular formula is C4H8N2O. The number of ether oxygens (including phenoxy) is 1. The van der Waals surface area contributed by atoms with Crippen LogP contribution in [0.25, 0.3) is 0 Å². The summed E-state index contributed by atoms with van der Waals surface area (Å²) in [7, 11) is 1.70. The summed E-state index contributed by atoms with van der Waals surface area (Å²) in [6, 6.07) is 0. The van der Waals surface area contributed by atoms with Gasteiger partial charge in [-0.05, 0) is 0 Å². The zero-order valence-corrected chi connectivity index (χ0v) is 4.16. The normalized spacial score (nSPS) is 39.7. The number of rotatable bonds is 1. The van der Waals surface area contributed by atoms with E-state index in [1.54, 1.807) is 13.3 Å². The minimum atomic E-state index is -0.0799. The second-order valence-electron chi connectivity index (χ2n) is 1.47. The van der Waals surface area contributed by atoms with Gasteiger partial charge in [-0.15, -0.1) is 0 Å². The molecule has 0 aromatic heterocycles. The van der Waals surface area contributed by atoms with Crippen LogP contribution in [0, 0.1) is 0 Å². The third-order valence-electron chi connectivity index (χ3n) is 0.857. The smallest absolute Gasteiger partial charge is 0.138 e. The molecule has 2 atom stereocenters. The maximum Gasteiger partial charge on any atom is 0.138 e. The van der Waals surface area contributed by atoms with Crippen molar-refractivity contribution in [1.29, 1.82) is 0 Å². The van der Waals surface area contributed by atoms with E-state index in [-0.39, 0.29) is 12.3 Å². The Morgan fingerprint density at radius 1 is 1.86 bits per heavy atom. The van der Waals surface area contributed by atoms with Crippen LogP contribution in [0.2, 0.25) is 0 Å². The van der Waals surface area contributed by atoms with E-state index >= 15 is 0 Å². The summed E-state index contributed by atoms with van der Waals surface area (Å²) in [4.78, 5) is 3.72. The lowest BCUT2D eigenvalue weighted by atomic mass is 10.5. The number of nitrogens with two attached hydrogens (primary N) is 1. The zero-order chi connectivity index (χ0) is 5.28. The Labute approximate surface area is 42.2 Å². The molecule has 0 aromatic rings. The first-order chi connectivity index (χ1) is 3.34. The van der Waals surface area contributed by atoms with Gasteiger partial charge in [-0.3, -0.25) is 4.99 Å². The van der Waals surface area contributed by atoms with Crippen LogP contribution in [0.4, 0.5) is 0 Å². The summed E-state index contributed by atoms with van der Waals surface area (Å²) in [5.74, 6) is 0. The van der Waals surface area contributed by atoms with Crippen molar-refractivity contribution in [3.8, 4) is 0 Å². The van der Waals surface area contributed by atoms with Gasteiger partial charge in [-0.25, -0.2) is 0 Å². The zero-order valence-electron chi connectivity index (χ0n) is 4.16. The van der Waals surface area contributed by atoms with E-state index < -0.39 is 0 Å². The van der Waals surface area contributed by atoms with Crippen molar-refractivity contribution < 1.29 is 4.74 Å². The molecule has 0 aromatic carbocycles. The van der Waals surface area contributed by atoms with Gasteiger partial charge in [0.25, 0.3) is 0 Å². The van der Waals surface area contributed by atoms with E-state index in [0.717, 1.165) is 0 Å². The average Bonchev–Trinajstić information content (AvgIpc) is 2.22. The van der Waals surface area contributed by atoms with Crippen LogP contribution in [0.1, 0.15) is 0 Å². The molecule has 1 rings (SSSR count). The number of hydrogen-bond donors (Lipinski definition) is 1. The van der Waals surface area contributed by atoms with E-state index in [4.69, 9.17) is 10.5 Å². The Morgan fingerprint density at radius 2 is 2.43 bits per heavy atom. The van der Waals surface area contributed by atoms with E-state index in [1.807, 2.05) is 0 Å². The average molecular weight is 100 g/mol. The van der Waals surface area contributed by atoms with Gasteiger partial charge >= 0.3 is 0 Å². The molecule has 0 radical (unpaired) electrons. The van der Waals surface area contributed by atoms with Gasteiger partial charge in [0, 0.05) is 13.3 Å². The molecule has 3 heteroatoms. The third-order valence-corrected chi connectivity index (χ3v) is 0.857. The van der Waals surface area contributed by atoms with Crippen LogP contribution >= 0.6 is 0 Å². The largest absolute Gasteiger partial charge is 0.347 e. The molecule has 2 unspecified atom stereocenters. The minimum Gasteiger partial charge on any atom is -0.347 e. The van der Waals surface area contributed by atoms with Crippen LogP contribution in [-0.2, 0) is 4.74 Å². The molecule has 1 heterocycles. The molecular weight excluding hydrogens is 92.1 g/mol. The molecule has 7 heavy (non-hydrogen) atoms. The molecule has 1 aliphatic rings. The third kappa shape index (κ3) is 0.976. The molecule has 1 aliphatic heterocycles. The van der Waals surface area contributed by atoms with Crippen molar-refractivity contribution in [2.75, 3.05) is 7.05 Å². The Kier molecular flexibility index (Phi) is 1.08. The maximum absolute atomic E-state index is 5.24. The fourth-order valence-electron chi connectivity index (χ4n) is 0.403. The van der Waals surface area contributed by atoms with E-state index in [2.05, 4.69) is 4.99 Å². The number of epoxide rings is 1. The van der Waals surface area contributed by atoms with Crippen molar-refractivity contribution in [3.63, 3.8) is 0 Å². The Bertz CT molecular complexity index is 91.7. The molecule has 2 N–H and O–H groups in total. The van der Waals surface area contributed by atoms with Gasteiger partial charge in [0.15, 0.2) is 0 Å². The van der Waals surface area contributed by atoms with Gasteiger partial charge in [-0.2, -0.15) is 0 Å². The summed E-state index contributed by atoms with van der Waals surface area (Å²) >= 11 is 0. The Hall–Kier alpha value is -0.410. The first-order valence-corrected chi connectivity index (χ1v) is 2.18. The molecule has 0 aliphatic carbocycles. The molecule has 1 saturated heterocycles. The monoisotopic (exact) mass is 100 g/mol. The summed E-state index contributed by atoms with van der Waals surface area (Å²) < 4.78 is 4.79. The van der Waals surface area contributed by atoms with Crippen molar-refractivity contribution in [2.24, 2.45) is 10.7 Å². The summed E-state index contributed by atoms with van der Waals surface area (Å²) in [6.45, 7) is 0. The van der Waals surface area contributed by atoms with E-state index in [0.29, 0.717) is 0 Å². The molecule has 1 fully saturated rings. The second kappa shape index (κ2) is 1.60. The van der Waals surface area contributed by atoms with Crippen molar-refractivity contribution in [3.05, 3.63) is 0 Å². The standard InChI is InChI=1S/C4H8N2O/c1-6-2-3-4(5)7-3/h2-4H,5H2,1H3. The van der Waals surface area contributed by atoms with Gasteiger partial charge in [0.1, 0.15) is 12.3 Å². The fraction of sp³-hybridized carbons (Fsp3) is 0.750. The predicted octanol–water partition coefficient (Wildman–Crippen LogP) is -0.629. The first kappa shape index (κ1) is 4.74. The van der Waals surface area contributed by atoms with Crippen LogP contribution in [0.15, 0.2) is 4.99 Å². The van der Waals surface area contributed by atoms with Crippen LogP contribution in [0.5, 0.6) is 0 Å². The van der Waals surface area contributed by atoms with Crippen LogP contribution in [-0.4, -0.2) is 25.6 Å². The van der Waals surface area contributed by atoms with E-state index in [9.17, 15) is 0 Å². The lowest BCUT2D eigenvalue weighted by Gasteiger charge is -1.69. The Balaban J connectivity index is 2.21. The van der Waals surface area contributed by atoms with Crippen molar-refractivity contribution in [1.82, 2.24) is 0 Å². The van der Waals surface area contributed by atoms with Crippen molar-refractivity contribution in [2.45, 2.75) is 12.3 Å². The van der Waals surface area contributed by atoms with Gasteiger partial charge in [0.2, 0.25) is 0 Å².